The normalized spacial score (nSPS) is 13.6. The molecule has 0 fully saturated rings. The lowest BCUT2D eigenvalue weighted by atomic mass is 10.1. The third-order valence-electron chi connectivity index (χ3n) is 4.72. The fourth-order valence-corrected chi connectivity index (χ4v) is 3.10. The lowest BCUT2D eigenvalue weighted by Crippen LogP contribution is -2.40. The quantitative estimate of drug-likeness (QED) is 0.845. The van der Waals surface area contributed by atoms with Crippen molar-refractivity contribution in [1.29, 1.82) is 0 Å². The summed E-state index contributed by atoms with van der Waals surface area (Å²) in [5, 5.41) is 7.43. The SMILES string of the molecule is CC(C)C(=O)N1CCn2nc(CNC(=O)N(C)Cc3nccn3C)cc2C1. The van der Waals surface area contributed by atoms with Crippen LogP contribution >= 0.6 is 0 Å². The van der Waals surface area contributed by atoms with Gasteiger partial charge in [0.25, 0.3) is 0 Å². The summed E-state index contributed by atoms with van der Waals surface area (Å²) < 4.78 is 3.81. The highest BCUT2D eigenvalue weighted by Crippen LogP contribution is 2.16. The summed E-state index contributed by atoms with van der Waals surface area (Å²) in [5.41, 5.74) is 1.79. The van der Waals surface area contributed by atoms with Crippen molar-refractivity contribution in [2.75, 3.05) is 13.6 Å². The van der Waals surface area contributed by atoms with Gasteiger partial charge in [-0.3, -0.25) is 9.48 Å². The molecule has 0 atom stereocenters. The molecule has 1 aliphatic heterocycles. The van der Waals surface area contributed by atoms with Gasteiger partial charge in [-0.05, 0) is 6.07 Å². The van der Waals surface area contributed by atoms with Crippen LogP contribution in [0.1, 0.15) is 31.1 Å². The molecule has 3 rings (SSSR count). The highest BCUT2D eigenvalue weighted by Gasteiger charge is 2.24. The Balaban J connectivity index is 1.54. The minimum atomic E-state index is -0.180. The molecule has 0 unspecified atom stereocenters. The van der Waals surface area contributed by atoms with E-state index in [-0.39, 0.29) is 17.9 Å². The third-order valence-corrected chi connectivity index (χ3v) is 4.72. The van der Waals surface area contributed by atoms with Gasteiger partial charge in [-0.2, -0.15) is 5.10 Å². The molecule has 0 aliphatic carbocycles. The Hall–Kier alpha value is -2.84. The number of nitrogens with one attached hydrogen (secondary N) is 1. The number of carbonyl (C=O) groups excluding carboxylic acids is 2. The first kappa shape index (κ1) is 18.9. The zero-order chi connectivity index (χ0) is 19.6. The fourth-order valence-electron chi connectivity index (χ4n) is 3.10. The minimum absolute atomic E-state index is 0.00696. The van der Waals surface area contributed by atoms with E-state index in [0.29, 0.717) is 32.7 Å². The number of urea groups is 1. The standard InChI is InChI=1S/C18H27N7O2/c1-13(2)17(26)24-7-8-25-15(11-24)9-14(21-25)10-20-18(27)23(4)12-16-19-5-6-22(16)3/h5-6,9,13H,7-8,10-12H2,1-4H3,(H,20,27). The van der Waals surface area contributed by atoms with Crippen LogP contribution in [0.15, 0.2) is 18.5 Å². The van der Waals surface area contributed by atoms with Gasteiger partial charge in [-0.1, -0.05) is 13.8 Å². The summed E-state index contributed by atoms with van der Waals surface area (Å²) in [4.78, 5) is 32.2. The van der Waals surface area contributed by atoms with Crippen molar-refractivity contribution in [2.24, 2.45) is 13.0 Å². The summed E-state index contributed by atoms with van der Waals surface area (Å²) in [5.74, 6) is 0.973. The van der Waals surface area contributed by atoms with Gasteiger partial charge in [-0.25, -0.2) is 9.78 Å². The average Bonchev–Trinajstić information content (AvgIpc) is 3.23. The first-order valence-electron chi connectivity index (χ1n) is 9.14. The number of rotatable bonds is 5. The molecule has 0 saturated heterocycles. The molecule has 2 aromatic heterocycles. The zero-order valence-corrected chi connectivity index (χ0v) is 16.3. The predicted molar refractivity (Wildman–Crippen MR) is 99.4 cm³/mol. The van der Waals surface area contributed by atoms with E-state index in [1.54, 1.807) is 18.1 Å². The smallest absolute Gasteiger partial charge is 0.317 e. The molecule has 0 bridgehead atoms. The van der Waals surface area contributed by atoms with E-state index >= 15 is 0 Å². The Morgan fingerprint density at radius 2 is 2.11 bits per heavy atom. The monoisotopic (exact) mass is 373 g/mol. The molecule has 2 aromatic rings. The van der Waals surface area contributed by atoms with Crippen LogP contribution in [0.25, 0.3) is 0 Å². The molecule has 0 saturated carbocycles. The van der Waals surface area contributed by atoms with Crippen LogP contribution in [0.5, 0.6) is 0 Å². The second kappa shape index (κ2) is 7.81. The van der Waals surface area contributed by atoms with Crippen molar-refractivity contribution in [3.05, 3.63) is 35.7 Å². The molecule has 0 spiro atoms. The molecule has 0 aromatic carbocycles. The molecule has 0 radical (unpaired) electrons. The lowest BCUT2D eigenvalue weighted by Gasteiger charge is -2.29. The number of hydrogen-bond donors (Lipinski definition) is 1. The van der Waals surface area contributed by atoms with Crippen LogP contribution in [0.2, 0.25) is 0 Å². The van der Waals surface area contributed by atoms with E-state index in [4.69, 9.17) is 0 Å². The minimum Gasteiger partial charge on any atom is -0.337 e. The average molecular weight is 373 g/mol. The maximum Gasteiger partial charge on any atom is 0.317 e. The molecular formula is C18H27N7O2. The lowest BCUT2D eigenvalue weighted by molar-refractivity contribution is -0.136. The Kier molecular flexibility index (Phi) is 5.48. The van der Waals surface area contributed by atoms with Crippen LogP contribution in [0.3, 0.4) is 0 Å². The van der Waals surface area contributed by atoms with Crippen molar-refractivity contribution >= 4 is 11.9 Å². The number of aromatic nitrogens is 4. The van der Waals surface area contributed by atoms with Crippen LogP contribution in [-0.2, 0) is 38.0 Å². The van der Waals surface area contributed by atoms with Crippen LogP contribution in [0.4, 0.5) is 4.79 Å². The summed E-state index contributed by atoms with van der Waals surface area (Å²) in [6.45, 7) is 6.53. The van der Waals surface area contributed by atoms with Crippen molar-refractivity contribution in [3.63, 3.8) is 0 Å². The van der Waals surface area contributed by atoms with Gasteiger partial charge in [0, 0.05) is 39.0 Å². The predicted octanol–water partition coefficient (Wildman–Crippen LogP) is 0.956. The number of hydrogen-bond acceptors (Lipinski definition) is 4. The van der Waals surface area contributed by atoms with Crippen molar-refractivity contribution in [3.8, 4) is 0 Å². The largest absolute Gasteiger partial charge is 0.337 e. The van der Waals surface area contributed by atoms with Crippen molar-refractivity contribution in [2.45, 2.75) is 40.0 Å². The molecule has 3 amide bonds. The van der Waals surface area contributed by atoms with Crippen molar-refractivity contribution < 1.29 is 9.59 Å². The molecule has 1 aliphatic rings. The molecule has 3 heterocycles. The second-order valence-corrected chi connectivity index (χ2v) is 7.23. The van der Waals surface area contributed by atoms with E-state index in [0.717, 1.165) is 17.2 Å². The molecule has 146 valence electrons. The van der Waals surface area contributed by atoms with Gasteiger partial charge in [0.05, 0.1) is 37.6 Å². The van der Waals surface area contributed by atoms with E-state index in [9.17, 15) is 9.59 Å². The maximum absolute atomic E-state index is 12.3. The topological polar surface area (TPSA) is 88.3 Å². The van der Waals surface area contributed by atoms with Crippen molar-refractivity contribution in [1.82, 2.24) is 34.4 Å². The van der Waals surface area contributed by atoms with E-state index in [2.05, 4.69) is 15.4 Å². The van der Waals surface area contributed by atoms with Gasteiger partial charge < -0.3 is 19.7 Å². The summed E-state index contributed by atoms with van der Waals surface area (Å²) in [6.07, 6.45) is 3.56. The van der Waals surface area contributed by atoms with Gasteiger partial charge in [0.15, 0.2) is 0 Å². The molecule has 9 heteroatoms. The number of carbonyl (C=O) groups is 2. The Morgan fingerprint density at radius 1 is 1.33 bits per heavy atom. The van der Waals surface area contributed by atoms with Gasteiger partial charge in [-0.15, -0.1) is 0 Å². The molecule has 9 nitrogen and oxygen atoms in total. The molecule has 27 heavy (non-hydrogen) atoms. The second-order valence-electron chi connectivity index (χ2n) is 7.23. The summed E-state index contributed by atoms with van der Waals surface area (Å²) >= 11 is 0. The number of fused-ring (bicyclic) bond motifs is 1. The fraction of sp³-hybridized carbons (Fsp3) is 0.556. The van der Waals surface area contributed by atoms with Gasteiger partial charge in [0.2, 0.25) is 5.91 Å². The number of imidazole rings is 1. The first-order valence-corrected chi connectivity index (χ1v) is 9.14. The number of aryl methyl sites for hydroxylation is 1. The Bertz CT molecular complexity index is 824. The summed E-state index contributed by atoms with van der Waals surface area (Å²) in [6, 6.07) is 1.78. The molecule has 1 N–H and O–H groups in total. The highest BCUT2D eigenvalue weighted by atomic mass is 16.2. The van der Waals surface area contributed by atoms with E-state index in [1.165, 1.54) is 0 Å². The first-order chi connectivity index (χ1) is 12.8. The van der Waals surface area contributed by atoms with E-state index in [1.807, 2.05) is 47.3 Å². The van der Waals surface area contributed by atoms with Crippen LogP contribution < -0.4 is 5.32 Å². The Morgan fingerprint density at radius 3 is 2.78 bits per heavy atom. The Labute approximate surface area is 159 Å². The van der Waals surface area contributed by atoms with Crippen LogP contribution in [0, 0.1) is 5.92 Å². The zero-order valence-electron chi connectivity index (χ0n) is 16.3. The maximum atomic E-state index is 12.3. The number of amides is 3. The number of nitrogens with zero attached hydrogens (tertiary/aromatic N) is 6. The van der Waals surface area contributed by atoms with Gasteiger partial charge >= 0.3 is 6.03 Å². The van der Waals surface area contributed by atoms with Gasteiger partial charge in [0.1, 0.15) is 5.82 Å². The van der Waals surface area contributed by atoms with Crippen LogP contribution in [-0.4, -0.2) is 54.7 Å². The third kappa shape index (κ3) is 4.29. The highest BCUT2D eigenvalue weighted by molar-refractivity contribution is 5.78. The molecular weight excluding hydrogens is 346 g/mol. The summed E-state index contributed by atoms with van der Waals surface area (Å²) in [7, 11) is 3.63. The van der Waals surface area contributed by atoms with E-state index < -0.39 is 0 Å².